The van der Waals surface area contributed by atoms with Gasteiger partial charge in [0.2, 0.25) is 0 Å². The van der Waals surface area contributed by atoms with Crippen LogP contribution in [0.1, 0.15) is 16.8 Å². The van der Waals surface area contributed by atoms with Gasteiger partial charge < -0.3 is 14.9 Å². The molecule has 1 heterocycles. The van der Waals surface area contributed by atoms with E-state index in [4.69, 9.17) is 9.84 Å². The normalized spacial score (nSPS) is 10.4. The molecule has 0 radical (unpaired) electrons. The summed E-state index contributed by atoms with van der Waals surface area (Å²) in [5.74, 6) is 1.26. The fraction of sp³-hybridized carbons (Fsp3) is 0.214. The zero-order chi connectivity index (χ0) is 13.0. The Kier molecular flexibility index (Phi) is 3.92. The van der Waals surface area contributed by atoms with Gasteiger partial charge >= 0.3 is 0 Å². The van der Waals surface area contributed by atoms with Crippen LogP contribution in [0.5, 0.6) is 11.5 Å². The molecule has 0 spiro atoms. The highest BCUT2D eigenvalue weighted by Gasteiger charge is 2.05. The van der Waals surface area contributed by atoms with Gasteiger partial charge in [-0.2, -0.15) is 0 Å². The number of hydrogen-bond acceptors (Lipinski definition) is 4. The van der Waals surface area contributed by atoms with Crippen LogP contribution in [0.4, 0.5) is 0 Å². The minimum atomic E-state index is -0.114. The minimum Gasteiger partial charge on any atom is -0.457 e. The zero-order valence-electron chi connectivity index (χ0n) is 10.1. The molecule has 0 amide bonds. The molecule has 0 unspecified atom stereocenters. The van der Waals surface area contributed by atoms with Gasteiger partial charge in [0, 0.05) is 23.5 Å². The van der Waals surface area contributed by atoms with Crippen LogP contribution >= 0.6 is 0 Å². The van der Waals surface area contributed by atoms with E-state index in [9.17, 15) is 5.11 Å². The van der Waals surface area contributed by atoms with Gasteiger partial charge in [0.1, 0.15) is 11.5 Å². The van der Waals surface area contributed by atoms with Gasteiger partial charge in [0.15, 0.2) is 0 Å². The van der Waals surface area contributed by atoms with Gasteiger partial charge in [-0.25, -0.2) is 0 Å². The molecule has 0 fully saturated rings. The number of hydrogen-bond donors (Lipinski definition) is 2. The average molecular weight is 245 g/mol. The number of ether oxygens (including phenoxy) is 1. The number of aromatic nitrogens is 1. The summed E-state index contributed by atoms with van der Waals surface area (Å²) in [6.45, 7) is 1.76. The fourth-order valence-corrected chi connectivity index (χ4v) is 1.57. The molecule has 18 heavy (non-hydrogen) atoms. The Bertz CT molecular complexity index is 523. The third-order valence-corrected chi connectivity index (χ3v) is 2.58. The van der Waals surface area contributed by atoms with E-state index < -0.39 is 0 Å². The van der Waals surface area contributed by atoms with Gasteiger partial charge in [-0.15, -0.1) is 0 Å². The first-order valence-electron chi connectivity index (χ1n) is 5.67. The predicted octanol–water partition coefficient (Wildman–Crippen LogP) is 2.17. The molecule has 0 aliphatic heterocycles. The molecular formula is C14H15NO3. The maximum absolute atomic E-state index is 9.22. The van der Waals surface area contributed by atoms with Crippen molar-refractivity contribution in [1.82, 2.24) is 4.98 Å². The largest absolute Gasteiger partial charge is 0.457 e. The van der Waals surface area contributed by atoms with Crippen molar-refractivity contribution in [3.63, 3.8) is 0 Å². The van der Waals surface area contributed by atoms with E-state index in [2.05, 4.69) is 4.98 Å². The Labute approximate surface area is 106 Å². The van der Waals surface area contributed by atoms with Crippen molar-refractivity contribution in [3.05, 3.63) is 53.3 Å². The molecule has 1 aromatic carbocycles. The lowest BCUT2D eigenvalue weighted by Gasteiger charge is -2.10. The van der Waals surface area contributed by atoms with E-state index in [1.54, 1.807) is 36.5 Å². The van der Waals surface area contributed by atoms with Crippen LogP contribution in [0.25, 0.3) is 0 Å². The van der Waals surface area contributed by atoms with Crippen molar-refractivity contribution in [3.8, 4) is 11.5 Å². The van der Waals surface area contributed by atoms with Gasteiger partial charge in [-0.05, 0) is 24.6 Å². The maximum atomic E-state index is 9.22. The molecular weight excluding hydrogens is 230 g/mol. The molecule has 0 aliphatic carbocycles. The van der Waals surface area contributed by atoms with E-state index in [-0.39, 0.29) is 13.2 Å². The first-order valence-corrected chi connectivity index (χ1v) is 5.67. The number of aliphatic hydroxyl groups is 2. The molecule has 2 rings (SSSR count). The Morgan fingerprint density at radius 2 is 1.83 bits per heavy atom. The Hall–Kier alpha value is -1.91. The number of benzene rings is 1. The molecule has 0 saturated carbocycles. The van der Waals surface area contributed by atoms with E-state index in [0.29, 0.717) is 17.1 Å². The van der Waals surface area contributed by atoms with Gasteiger partial charge in [-0.3, -0.25) is 4.98 Å². The zero-order valence-corrected chi connectivity index (χ0v) is 10.1. The molecule has 4 nitrogen and oxygen atoms in total. The number of aryl methyl sites for hydroxylation is 1. The average Bonchev–Trinajstić information content (AvgIpc) is 2.40. The van der Waals surface area contributed by atoms with Crippen LogP contribution in [0, 0.1) is 6.92 Å². The molecule has 4 heteroatoms. The molecule has 94 valence electrons. The van der Waals surface area contributed by atoms with E-state index in [1.165, 1.54) is 0 Å². The summed E-state index contributed by atoms with van der Waals surface area (Å²) in [5.41, 5.74) is 2.30. The topological polar surface area (TPSA) is 62.6 Å². The second-order valence-electron chi connectivity index (χ2n) is 4.00. The van der Waals surface area contributed by atoms with Crippen molar-refractivity contribution in [1.29, 1.82) is 0 Å². The van der Waals surface area contributed by atoms with Gasteiger partial charge in [0.05, 0.1) is 13.2 Å². The Balaban J connectivity index is 2.24. The molecule has 2 aromatic rings. The van der Waals surface area contributed by atoms with E-state index in [0.717, 1.165) is 11.3 Å². The summed E-state index contributed by atoms with van der Waals surface area (Å²) in [7, 11) is 0. The quantitative estimate of drug-likeness (QED) is 0.866. The van der Waals surface area contributed by atoms with E-state index >= 15 is 0 Å². The summed E-state index contributed by atoms with van der Waals surface area (Å²) in [6.07, 6.45) is 1.60. The lowest BCUT2D eigenvalue weighted by Crippen LogP contribution is -1.95. The summed E-state index contributed by atoms with van der Waals surface area (Å²) in [4.78, 5) is 4.11. The number of rotatable bonds is 4. The van der Waals surface area contributed by atoms with Crippen molar-refractivity contribution in [2.45, 2.75) is 20.1 Å². The summed E-state index contributed by atoms with van der Waals surface area (Å²) >= 11 is 0. The second-order valence-corrected chi connectivity index (χ2v) is 4.00. The summed E-state index contributed by atoms with van der Waals surface area (Å²) in [6, 6.07) is 8.93. The van der Waals surface area contributed by atoms with Gasteiger partial charge in [0.25, 0.3) is 0 Å². The molecule has 0 aliphatic rings. The lowest BCUT2D eigenvalue weighted by atomic mass is 10.2. The molecule has 0 atom stereocenters. The fourth-order valence-electron chi connectivity index (χ4n) is 1.57. The van der Waals surface area contributed by atoms with Crippen molar-refractivity contribution in [2.75, 3.05) is 0 Å². The minimum absolute atomic E-state index is 0.0105. The van der Waals surface area contributed by atoms with Crippen LogP contribution in [-0.4, -0.2) is 15.2 Å². The number of nitrogens with zero attached hydrogens (tertiary/aromatic N) is 1. The monoisotopic (exact) mass is 245 g/mol. The van der Waals surface area contributed by atoms with Crippen molar-refractivity contribution in [2.24, 2.45) is 0 Å². The summed E-state index contributed by atoms with van der Waals surface area (Å²) in [5, 5.41) is 18.2. The third kappa shape index (κ3) is 2.85. The molecule has 0 saturated heterocycles. The van der Waals surface area contributed by atoms with Crippen LogP contribution in [0.3, 0.4) is 0 Å². The van der Waals surface area contributed by atoms with Gasteiger partial charge in [-0.1, -0.05) is 12.1 Å². The highest BCUT2D eigenvalue weighted by molar-refractivity contribution is 5.38. The standard InChI is InChI=1S/C14H15NO3/c1-10-6-14(12(9-17)7-15-10)18-13-4-2-11(8-16)3-5-13/h2-7,16-17H,8-9H2,1H3. The first kappa shape index (κ1) is 12.5. The van der Waals surface area contributed by atoms with Crippen LogP contribution in [-0.2, 0) is 13.2 Å². The number of aliphatic hydroxyl groups excluding tert-OH is 2. The molecule has 0 bridgehead atoms. The molecule has 1 aromatic heterocycles. The smallest absolute Gasteiger partial charge is 0.136 e. The van der Waals surface area contributed by atoms with Crippen LogP contribution in [0.2, 0.25) is 0 Å². The SMILES string of the molecule is Cc1cc(Oc2ccc(CO)cc2)c(CO)cn1. The van der Waals surface area contributed by atoms with Crippen LogP contribution in [0.15, 0.2) is 36.5 Å². The summed E-state index contributed by atoms with van der Waals surface area (Å²) < 4.78 is 5.70. The molecule has 2 N–H and O–H groups in total. The second kappa shape index (κ2) is 5.62. The van der Waals surface area contributed by atoms with E-state index in [1.807, 2.05) is 6.92 Å². The highest BCUT2D eigenvalue weighted by Crippen LogP contribution is 2.25. The maximum Gasteiger partial charge on any atom is 0.136 e. The highest BCUT2D eigenvalue weighted by atomic mass is 16.5. The predicted molar refractivity (Wildman–Crippen MR) is 67.3 cm³/mol. The van der Waals surface area contributed by atoms with Crippen molar-refractivity contribution < 1.29 is 14.9 Å². The van der Waals surface area contributed by atoms with Crippen molar-refractivity contribution >= 4 is 0 Å². The third-order valence-electron chi connectivity index (χ3n) is 2.58. The number of pyridine rings is 1. The lowest BCUT2D eigenvalue weighted by molar-refractivity contribution is 0.276. The first-order chi connectivity index (χ1) is 8.72. The Morgan fingerprint density at radius 1 is 1.11 bits per heavy atom. The van der Waals surface area contributed by atoms with Crippen LogP contribution < -0.4 is 4.74 Å². The Morgan fingerprint density at radius 3 is 2.44 bits per heavy atom.